The van der Waals surface area contributed by atoms with Crippen molar-refractivity contribution in [3.8, 4) is 5.75 Å². The van der Waals surface area contributed by atoms with Crippen LogP contribution in [0.4, 0.5) is 5.69 Å². The zero-order valence-corrected chi connectivity index (χ0v) is 17.9. The van der Waals surface area contributed by atoms with Crippen molar-refractivity contribution in [2.75, 3.05) is 5.32 Å². The zero-order valence-electron chi connectivity index (χ0n) is 15.6. The number of hydrogen-bond donors (Lipinski definition) is 1. The molecule has 4 rings (SSSR count). The highest BCUT2D eigenvalue weighted by Gasteiger charge is 2.15. The van der Waals surface area contributed by atoms with E-state index in [-0.39, 0.29) is 19.1 Å². The zero-order chi connectivity index (χ0) is 21.1. The van der Waals surface area contributed by atoms with E-state index >= 15 is 0 Å². The first-order chi connectivity index (χ1) is 14.5. The highest BCUT2D eigenvalue weighted by atomic mass is 35.5. The van der Waals surface area contributed by atoms with Gasteiger partial charge in [-0.05, 0) is 48.5 Å². The van der Waals surface area contributed by atoms with Gasteiger partial charge in [-0.1, -0.05) is 53.0 Å². The number of fused-ring (bicyclic) bond motifs is 1. The number of aromatic nitrogens is 2. The van der Waals surface area contributed by atoms with Gasteiger partial charge in [-0.3, -0.25) is 4.79 Å². The summed E-state index contributed by atoms with van der Waals surface area (Å²) in [5.74, 6) is 0.887. The van der Waals surface area contributed by atoms with Crippen molar-refractivity contribution in [1.82, 2.24) is 9.55 Å². The summed E-state index contributed by atoms with van der Waals surface area (Å²) in [6.45, 7) is 0.209. The summed E-state index contributed by atoms with van der Waals surface area (Å²) in [5, 5.41) is 4.34. The van der Waals surface area contributed by atoms with Crippen LogP contribution >= 0.6 is 34.8 Å². The number of imidazole rings is 1. The Bertz CT molecular complexity index is 1220. The molecule has 1 amide bonds. The van der Waals surface area contributed by atoms with Gasteiger partial charge in [0.15, 0.2) is 0 Å². The predicted molar refractivity (Wildman–Crippen MR) is 121 cm³/mol. The van der Waals surface area contributed by atoms with Gasteiger partial charge >= 0.3 is 0 Å². The summed E-state index contributed by atoms with van der Waals surface area (Å²) in [4.78, 5) is 17.3. The second-order valence-corrected chi connectivity index (χ2v) is 7.80. The lowest BCUT2D eigenvalue weighted by Crippen LogP contribution is -2.20. The van der Waals surface area contributed by atoms with E-state index in [0.29, 0.717) is 32.3 Å². The standard InChI is InChI=1S/C22H16Cl3N3O2/c23-14-4-3-5-16(10-14)26-22(29)12-28-19-7-2-1-6-18(19)27-21(28)13-30-20-9-8-15(24)11-17(20)25/h1-11H,12-13H2,(H,26,29). The molecule has 8 heteroatoms. The molecule has 0 spiro atoms. The molecule has 3 aromatic carbocycles. The Kier molecular flexibility index (Phi) is 6.13. The highest BCUT2D eigenvalue weighted by Crippen LogP contribution is 2.28. The minimum Gasteiger partial charge on any atom is -0.484 e. The molecule has 0 unspecified atom stereocenters. The van der Waals surface area contributed by atoms with Crippen molar-refractivity contribution in [3.05, 3.63) is 87.6 Å². The third kappa shape index (κ3) is 4.70. The van der Waals surface area contributed by atoms with Gasteiger partial charge in [-0.2, -0.15) is 0 Å². The molecule has 0 fully saturated rings. The monoisotopic (exact) mass is 459 g/mol. The normalized spacial score (nSPS) is 10.9. The summed E-state index contributed by atoms with van der Waals surface area (Å²) in [7, 11) is 0. The Hall–Kier alpha value is -2.73. The number of rotatable bonds is 6. The Morgan fingerprint density at radius 3 is 2.57 bits per heavy atom. The maximum Gasteiger partial charge on any atom is 0.244 e. The molecule has 152 valence electrons. The highest BCUT2D eigenvalue weighted by molar-refractivity contribution is 6.35. The van der Waals surface area contributed by atoms with E-state index in [1.165, 1.54) is 0 Å². The topological polar surface area (TPSA) is 56.2 Å². The Morgan fingerprint density at radius 2 is 1.77 bits per heavy atom. The summed E-state index contributed by atoms with van der Waals surface area (Å²) in [6, 6.07) is 19.6. The van der Waals surface area contributed by atoms with Gasteiger partial charge in [-0.15, -0.1) is 0 Å². The summed E-state index contributed by atoms with van der Waals surface area (Å²) < 4.78 is 7.66. The van der Waals surface area contributed by atoms with Gasteiger partial charge in [0.2, 0.25) is 5.91 Å². The SMILES string of the molecule is O=C(Cn1c(COc2ccc(Cl)cc2Cl)nc2ccccc21)Nc1cccc(Cl)c1. The molecule has 5 nitrogen and oxygen atoms in total. The van der Waals surface area contributed by atoms with Crippen LogP contribution in [-0.2, 0) is 17.9 Å². The van der Waals surface area contributed by atoms with Crippen molar-refractivity contribution in [2.24, 2.45) is 0 Å². The fourth-order valence-electron chi connectivity index (χ4n) is 3.06. The first-order valence-electron chi connectivity index (χ1n) is 9.07. The van der Waals surface area contributed by atoms with Crippen LogP contribution in [0.2, 0.25) is 15.1 Å². The first kappa shape index (κ1) is 20.5. The largest absolute Gasteiger partial charge is 0.484 e. The van der Waals surface area contributed by atoms with Gasteiger partial charge in [0, 0.05) is 15.7 Å². The fourth-order valence-corrected chi connectivity index (χ4v) is 3.71. The number of anilines is 1. The van der Waals surface area contributed by atoms with Crippen molar-refractivity contribution in [2.45, 2.75) is 13.2 Å². The van der Waals surface area contributed by atoms with E-state index < -0.39 is 0 Å². The number of amides is 1. The number of nitrogens with zero attached hydrogens (tertiary/aromatic N) is 2. The van der Waals surface area contributed by atoms with Crippen LogP contribution in [0, 0.1) is 0 Å². The van der Waals surface area contributed by atoms with E-state index in [1.807, 2.05) is 28.8 Å². The van der Waals surface area contributed by atoms with E-state index in [1.54, 1.807) is 42.5 Å². The Balaban J connectivity index is 1.57. The maximum atomic E-state index is 12.7. The number of ether oxygens (including phenoxy) is 1. The van der Waals surface area contributed by atoms with Crippen LogP contribution in [0.1, 0.15) is 5.82 Å². The van der Waals surface area contributed by atoms with Crippen molar-refractivity contribution < 1.29 is 9.53 Å². The van der Waals surface area contributed by atoms with Crippen LogP contribution in [0.5, 0.6) is 5.75 Å². The molecule has 0 aliphatic carbocycles. The molecule has 0 radical (unpaired) electrons. The molecule has 1 heterocycles. The molecular formula is C22H16Cl3N3O2. The fraction of sp³-hybridized carbons (Fsp3) is 0.0909. The smallest absolute Gasteiger partial charge is 0.244 e. The number of benzene rings is 3. The molecule has 0 bridgehead atoms. The van der Waals surface area contributed by atoms with Gasteiger partial charge in [0.25, 0.3) is 0 Å². The number of carbonyl (C=O) groups excluding carboxylic acids is 1. The van der Waals surface area contributed by atoms with Gasteiger partial charge < -0.3 is 14.6 Å². The maximum absolute atomic E-state index is 12.7. The van der Waals surface area contributed by atoms with E-state index in [9.17, 15) is 4.79 Å². The van der Waals surface area contributed by atoms with Crippen molar-refractivity contribution in [1.29, 1.82) is 0 Å². The summed E-state index contributed by atoms with van der Waals surface area (Å²) in [6.07, 6.45) is 0. The number of hydrogen-bond acceptors (Lipinski definition) is 3. The molecule has 4 aromatic rings. The molecule has 0 aliphatic rings. The second kappa shape index (κ2) is 8.96. The lowest BCUT2D eigenvalue weighted by atomic mass is 10.3. The quantitative estimate of drug-likeness (QED) is 0.372. The van der Waals surface area contributed by atoms with Crippen LogP contribution in [0.15, 0.2) is 66.7 Å². The molecule has 1 N–H and O–H groups in total. The average molecular weight is 461 g/mol. The minimum atomic E-state index is -0.203. The average Bonchev–Trinajstić information content (AvgIpc) is 3.05. The number of halogens is 3. The van der Waals surface area contributed by atoms with Crippen LogP contribution < -0.4 is 10.1 Å². The minimum absolute atomic E-state index is 0.0695. The molecule has 0 saturated heterocycles. The van der Waals surface area contributed by atoms with Gasteiger partial charge in [0.05, 0.1) is 16.1 Å². The van der Waals surface area contributed by atoms with Crippen molar-refractivity contribution >= 4 is 57.4 Å². The molecule has 1 aromatic heterocycles. The Labute approximate surface area is 188 Å². The van der Waals surface area contributed by atoms with Crippen LogP contribution in [0.3, 0.4) is 0 Å². The third-order valence-corrected chi connectivity index (χ3v) is 5.16. The van der Waals surface area contributed by atoms with E-state index in [0.717, 1.165) is 11.0 Å². The lowest BCUT2D eigenvalue weighted by molar-refractivity contribution is -0.116. The first-order valence-corrected chi connectivity index (χ1v) is 10.2. The van der Waals surface area contributed by atoms with Gasteiger partial charge in [0.1, 0.15) is 24.7 Å². The number of nitrogens with one attached hydrogen (secondary N) is 1. The van der Waals surface area contributed by atoms with Crippen molar-refractivity contribution in [3.63, 3.8) is 0 Å². The Morgan fingerprint density at radius 1 is 0.967 bits per heavy atom. The molecular weight excluding hydrogens is 445 g/mol. The number of carbonyl (C=O) groups is 1. The van der Waals surface area contributed by atoms with Crippen LogP contribution in [0.25, 0.3) is 11.0 Å². The molecule has 0 atom stereocenters. The van der Waals surface area contributed by atoms with E-state index in [4.69, 9.17) is 39.5 Å². The van der Waals surface area contributed by atoms with Crippen LogP contribution in [-0.4, -0.2) is 15.5 Å². The lowest BCUT2D eigenvalue weighted by Gasteiger charge is -2.12. The predicted octanol–water partition coefficient (Wildman–Crippen LogP) is 6.21. The molecule has 30 heavy (non-hydrogen) atoms. The number of para-hydroxylation sites is 2. The van der Waals surface area contributed by atoms with Gasteiger partial charge in [-0.25, -0.2) is 4.98 Å². The molecule has 0 aliphatic heterocycles. The van der Waals surface area contributed by atoms with E-state index in [2.05, 4.69) is 10.3 Å². The second-order valence-electron chi connectivity index (χ2n) is 6.52. The molecule has 0 saturated carbocycles. The summed E-state index contributed by atoms with van der Waals surface area (Å²) in [5.41, 5.74) is 2.23. The summed E-state index contributed by atoms with van der Waals surface area (Å²) >= 11 is 18.1. The third-order valence-electron chi connectivity index (χ3n) is 4.39.